The molecule has 2 aromatic heterocycles. The van der Waals surface area contributed by atoms with Crippen LogP contribution in [0.5, 0.6) is 11.5 Å². The van der Waals surface area contributed by atoms with E-state index in [0.717, 1.165) is 5.69 Å². The summed E-state index contributed by atoms with van der Waals surface area (Å²) in [4.78, 5) is 29.0. The van der Waals surface area contributed by atoms with Crippen molar-refractivity contribution in [3.8, 4) is 11.5 Å². The molecule has 27 heavy (non-hydrogen) atoms. The first-order valence-corrected chi connectivity index (χ1v) is 8.93. The van der Waals surface area contributed by atoms with E-state index in [0.29, 0.717) is 27.7 Å². The minimum Gasteiger partial charge on any atom is -0.497 e. The Bertz CT molecular complexity index is 1070. The Kier molecular flexibility index (Phi) is 5.56. The van der Waals surface area contributed by atoms with Gasteiger partial charge in [-0.1, -0.05) is 0 Å². The van der Waals surface area contributed by atoms with Gasteiger partial charge in [-0.15, -0.1) is 11.3 Å². The molecule has 0 saturated heterocycles. The maximum Gasteiger partial charge on any atom is 0.331 e. The Morgan fingerprint density at radius 1 is 1.26 bits per heavy atom. The summed E-state index contributed by atoms with van der Waals surface area (Å²) >= 11 is 1.36. The van der Waals surface area contributed by atoms with E-state index in [1.807, 2.05) is 12.3 Å². The van der Waals surface area contributed by atoms with Crippen LogP contribution in [-0.2, 0) is 16.1 Å². The van der Waals surface area contributed by atoms with E-state index in [1.165, 1.54) is 27.9 Å². The third-order valence-corrected chi connectivity index (χ3v) is 4.77. The van der Waals surface area contributed by atoms with Crippen LogP contribution in [0.3, 0.4) is 0 Å². The highest BCUT2D eigenvalue weighted by Crippen LogP contribution is 2.25. The lowest BCUT2D eigenvalue weighted by Gasteiger charge is -2.07. The number of carbonyl (C=O) groups is 1. The second-order valence-electron chi connectivity index (χ2n) is 5.63. The van der Waals surface area contributed by atoms with Crippen LogP contribution >= 0.6 is 11.3 Å². The van der Waals surface area contributed by atoms with E-state index in [-0.39, 0.29) is 12.2 Å². The number of hydrogen-bond acceptors (Lipinski definition) is 7. The van der Waals surface area contributed by atoms with Gasteiger partial charge >= 0.3 is 5.97 Å². The van der Waals surface area contributed by atoms with Gasteiger partial charge in [0.05, 0.1) is 19.9 Å². The number of aromatic nitrogens is 2. The summed E-state index contributed by atoms with van der Waals surface area (Å²) in [5.41, 5.74) is 1.72. The molecule has 1 aromatic carbocycles. The Hall–Kier alpha value is -3.13. The van der Waals surface area contributed by atoms with Crippen molar-refractivity contribution in [2.75, 3.05) is 14.2 Å². The number of carbonyl (C=O) groups excluding carboxylic acids is 1. The van der Waals surface area contributed by atoms with Crippen molar-refractivity contribution in [1.29, 1.82) is 0 Å². The van der Waals surface area contributed by atoms with Crippen molar-refractivity contribution in [2.45, 2.75) is 13.5 Å². The van der Waals surface area contributed by atoms with Crippen LogP contribution < -0.4 is 15.0 Å². The summed E-state index contributed by atoms with van der Waals surface area (Å²) in [5.74, 6) is 0.699. The van der Waals surface area contributed by atoms with Crippen LogP contribution in [0.1, 0.15) is 17.0 Å². The molecule has 3 rings (SSSR count). The second kappa shape index (κ2) is 8.05. The maximum absolute atomic E-state index is 12.1. The molecule has 2 heterocycles. The minimum atomic E-state index is -0.552. The zero-order valence-electron chi connectivity index (χ0n) is 15.1. The summed E-state index contributed by atoms with van der Waals surface area (Å²) in [7, 11) is 3.11. The molecule has 0 unspecified atom stereocenters. The van der Waals surface area contributed by atoms with Gasteiger partial charge in [0.2, 0.25) is 0 Å². The smallest absolute Gasteiger partial charge is 0.331 e. The number of thiazole rings is 1. The van der Waals surface area contributed by atoms with Crippen LogP contribution in [0.2, 0.25) is 0 Å². The number of esters is 1. The predicted molar refractivity (Wildman–Crippen MR) is 102 cm³/mol. The second-order valence-corrected chi connectivity index (χ2v) is 6.47. The average molecular weight is 386 g/mol. The Morgan fingerprint density at radius 3 is 2.81 bits per heavy atom. The molecule has 0 aliphatic heterocycles. The molecule has 0 aliphatic carbocycles. The van der Waals surface area contributed by atoms with Crippen LogP contribution in [0.4, 0.5) is 0 Å². The molecule has 0 N–H and O–H groups in total. The first-order chi connectivity index (χ1) is 13.0. The van der Waals surface area contributed by atoms with Gasteiger partial charge in [-0.05, 0) is 31.2 Å². The van der Waals surface area contributed by atoms with E-state index in [4.69, 9.17) is 14.2 Å². The van der Waals surface area contributed by atoms with Gasteiger partial charge in [-0.25, -0.2) is 9.78 Å². The molecule has 0 aliphatic rings. The quantitative estimate of drug-likeness (QED) is 0.479. The molecule has 0 atom stereocenters. The van der Waals surface area contributed by atoms with Gasteiger partial charge in [0.1, 0.15) is 18.1 Å². The number of hydrogen-bond donors (Lipinski definition) is 0. The van der Waals surface area contributed by atoms with E-state index >= 15 is 0 Å². The van der Waals surface area contributed by atoms with Crippen LogP contribution in [-0.4, -0.2) is 29.6 Å². The van der Waals surface area contributed by atoms with Crippen molar-refractivity contribution in [3.63, 3.8) is 0 Å². The highest BCUT2D eigenvalue weighted by atomic mass is 32.1. The van der Waals surface area contributed by atoms with E-state index < -0.39 is 5.97 Å². The highest BCUT2D eigenvalue weighted by molar-refractivity contribution is 7.15. The Balaban J connectivity index is 1.70. The summed E-state index contributed by atoms with van der Waals surface area (Å²) in [6, 6.07) is 6.63. The van der Waals surface area contributed by atoms with Gasteiger partial charge < -0.3 is 14.2 Å². The standard InChI is InChI=1S/C19H18N2O5S/c1-12-11-27-19-20-14(9-17(22)21(12)19)10-26-18(23)7-4-13-8-15(24-2)5-6-16(13)25-3/h4-9,11H,10H2,1-3H3/b7-4+. The largest absolute Gasteiger partial charge is 0.497 e. The molecule has 0 fully saturated rings. The minimum absolute atomic E-state index is 0.0822. The van der Waals surface area contributed by atoms with Crippen LogP contribution in [0.25, 0.3) is 11.0 Å². The van der Waals surface area contributed by atoms with Crippen LogP contribution in [0, 0.1) is 6.92 Å². The molecular formula is C19H18N2O5S. The lowest BCUT2D eigenvalue weighted by atomic mass is 10.1. The third kappa shape index (κ3) is 4.17. The normalized spacial score (nSPS) is 11.1. The first-order valence-electron chi connectivity index (χ1n) is 8.05. The zero-order chi connectivity index (χ0) is 19.4. The first kappa shape index (κ1) is 18.7. The fraction of sp³-hybridized carbons (Fsp3) is 0.211. The van der Waals surface area contributed by atoms with Crippen LogP contribution in [0.15, 0.2) is 40.5 Å². The molecule has 140 valence electrons. The number of nitrogens with zero attached hydrogens (tertiary/aromatic N) is 2. The molecule has 0 bridgehead atoms. The van der Waals surface area contributed by atoms with E-state index in [1.54, 1.807) is 38.5 Å². The maximum atomic E-state index is 12.1. The molecule has 0 saturated carbocycles. The molecule has 0 amide bonds. The number of ether oxygens (including phenoxy) is 3. The Morgan fingerprint density at radius 2 is 2.07 bits per heavy atom. The Labute approximate surface area is 159 Å². The lowest BCUT2D eigenvalue weighted by Crippen LogP contribution is -2.16. The lowest BCUT2D eigenvalue weighted by molar-refractivity contribution is -0.139. The summed E-state index contributed by atoms with van der Waals surface area (Å²) < 4.78 is 17.1. The van der Waals surface area contributed by atoms with Crippen molar-refractivity contribution < 1.29 is 19.0 Å². The summed E-state index contributed by atoms with van der Waals surface area (Å²) in [6.45, 7) is 1.75. The SMILES string of the molecule is COc1ccc(OC)c(/C=C/C(=O)OCc2cc(=O)n3c(C)csc3n2)c1. The fourth-order valence-electron chi connectivity index (χ4n) is 2.50. The molecule has 7 nitrogen and oxygen atoms in total. The van der Waals surface area contributed by atoms with Gasteiger partial charge in [-0.2, -0.15) is 0 Å². The summed E-state index contributed by atoms with van der Waals surface area (Å²) in [5, 5.41) is 1.85. The topological polar surface area (TPSA) is 79.1 Å². The summed E-state index contributed by atoms with van der Waals surface area (Å²) in [6.07, 6.45) is 2.87. The van der Waals surface area contributed by atoms with E-state index in [9.17, 15) is 9.59 Å². The average Bonchev–Trinajstić information content (AvgIpc) is 3.05. The third-order valence-electron chi connectivity index (χ3n) is 3.83. The number of fused-ring (bicyclic) bond motifs is 1. The van der Waals surface area contributed by atoms with Gasteiger partial charge in [0.15, 0.2) is 4.96 Å². The number of rotatable bonds is 6. The monoisotopic (exact) mass is 386 g/mol. The van der Waals surface area contributed by atoms with Crippen molar-refractivity contribution in [1.82, 2.24) is 9.38 Å². The number of benzene rings is 1. The fourth-order valence-corrected chi connectivity index (χ4v) is 3.39. The predicted octanol–water partition coefficient (Wildman–Crippen LogP) is 2.84. The van der Waals surface area contributed by atoms with Crippen molar-refractivity contribution in [3.05, 3.63) is 63.0 Å². The zero-order valence-corrected chi connectivity index (χ0v) is 15.9. The van der Waals surface area contributed by atoms with Gasteiger partial charge in [-0.3, -0.25) is 9.20 Å². The number of methoxy groups -OCH3 is 2. The van der Waals surface area contributed by atoms with E-state index in [2.05, 4.69) is 4.98 Å². The van der Waals surface area contributed by atoms with Crippen molar-refractivity contribution in [2.24, 2.45) is 0 Å². The highest BCUT2D eigenvalue weighted by Gasteiger charge is 2.08. The molecule has 0 radical (unpaired) electrons. The molecular weight excluding hydrogens is 368 g/mol. The van der Waals surface area contributed by atoms with Gasteiger partial charge in [0, 0.05) is 28.8 Å². The number of aryl methyl sites for hydroxylation is 1. The molecule has 0 spiro atoms. The van der Waals surface area contributed by atoms with Gasteiger partial charge in [0.25, 0.3) is 5.56 Å². The molecule has 8 heteroatoms. The van der Waals surface area contributed by atoms with Crippen molar-refractivity contribution >= 4 is 28.3 Å². The molecule has 3 aromatic rings.